The largest absolute Gasteiger partial charge is 0.497 e. The molecular formula is C21H29IN4O3. The van der Waals surface area contributed by atoms with E-state index in [0.29, 0.717) is 19.0 Å². The molecule has 0 saturated carbocycles. The number of nitrogens with one attached hydrogen (secondary N) is 2. The molecule has 158 valence electrons. The number of hydrogen-bond acceptors (Lipinski definition) is 4. The van der Waals surface area contributed by atoms with E-state index in [4.69, 9.17) is 9.47 Å². The van der Waals surface area contributed by atoms with E-state index in [2.05, 4.69) is 15.6 Å². The number of halogens is 1. The minimum absolute atomic E-state index is 0. The third-order valence-electron chi connectivity index (χ3n) is 4.23. The van der Waals surface area contributed by atoms with Crippen LogP contribution in [0.5, 0.6) is 11.5 Å². The number of ether oxygens (including phenoxy) is 2. The van der Waals surface area contributed by atoms with Crippen LogP contribution < -0.4 is 20.1 Å². The minimum Gasteiger partial charge on any atom is -0.497 e. The summed E-state index contributed by atoms with van der Waals surface area (Å²) in [6.07, 6.45) is 0. The summed E-state index contributed by atoms with van der Waals surface area (Å²) < 4.78 is 10.5. The molecule has 0 aliphatic carbocycles. The Labute approximate surface area is 189 Å². The monoisotopic (exact) mass is 512 g/mol. The number of methoxy groups -OCH3 is 2. The van der Waals surface area contributed by atoms with Crippen LogP contribution >= 0.6 is 24.0 Å². The van der Waals surface area contributed by atoms with Gasteiger partial charge < -0.3 is 25.0 Å². The van der Waals surface area contributed by atoms with E-state index in [1.54, 1.807) is 21.3 Å². The number of para-hydroxylation sites is 1. The lowest BCUT2D eigenvalue weighted by atomic mass is 10.2. The zero-order valence-corrected chi connectivity index (χ0v) is 19.6. The van der Waals surface area contributed by atoms with Gasteiger partial charge in [-0.2, -0.15) is 0 Å². The maximum Gasteiger partial charge on any atom is 0.239 e. The number of carbonyl (C=O) groups is 1. The van der Waals surface area contributed by atoms with Crippen LogP contribution in [0.4, 0.5) is 0 Å². The molecule has 2 aromatic carbocycles. The smallest absolute Gasteiger partial charge is 0.239 e. The zero-order valence-electron chi connectivity index (χ0n) is 17.3. The molecule has 0 atom stereocenters. The third kappa shape index (κ3) is 7.80. The van der Waals surface area contributed by atoms with Gasteiger partial charge in [-0.3, -0.25) is 9.79 Å². The molecule has 2 N–H and O–H groups in total. The number of rotatable bonds is 8. The molecule has 0 aliphatic rings. The van der Waals surface area contributed by atoms with Gasteiger partial charge in [0.2, 0.25) is 5.91 Å². The van der Waals surface area contributed by atoms with Crippen LogP contribution in [0.25, 0.3) is 0 Å². The molecule has 0 radical (unpaired) electrons. The van der Waals surface area contributed by atoms with Crippen LogP contribution in [0, 0.1) is 0 Å². The molecule has 0 bridgehead atoms. The molecule has 0 heterocycles. The van der Waals surface area contributed by atoms with E-state index in [1.165, 1.54) is 0 Å². The molecule has 8 heteroatoms. The first-order valence-electron chi connectivity index (χ1n) is 9.00. The normalized spacial score (nSPS) is 10.6. The fraction of sp³-hybridized carbons (Fsp3) is 0.333. The Kier molecular flexibility index (Phi) is 10.9. The Morgan fingerprint density at radius 3 is 2.34 bits per heavy atom. The molecule has 0 fully saturated rings. The lowest BCUT2D eigenvalue weighted by molar-refractivity contribution is -0.120. The summed E-state index contributed by atoms with van der Waals surface area (Å²) in [5.41, 5.74) is 2.05. The summed E-state index contributed by atoms with van der Waals surface area (Å²) in [5.74, 6) is 2.13. The van der Waals surface area contributed by atoms with Gasteiger partial charge in [-0.1, -0.05) is 30.3 Å². The third-order valence-corrected chi connectivity index (χ3v) is 4.23. The first-order chi connectivity index (χ1) is 13.6. The molecule has 0 spiro atoms. The average molecular weight is 512 g/mol. The number of guanidine groups is 1. The second kappa shape index (κ2) is 12.9. The summed E-state index contributed by atoms with van der Waals surface area (Å²) in [6, 6.07) is 15.4. The fourth-order valence-electron chi connectivity index (χ4n) is 2.71. The van der Waals surface area contributed by atoms with Crippen molar-refractivity contribution in [2.24, 2.45) is 4.99 Å². The molecule has 29 heavy (non-hydrogen) atoms. The maximum atomic E-state index is 12.1. The predicted molar refractivity (Wildman–Crippen MR) is 126 cm³/mol. The van der Waals surface area contributed by atoms with Crippen LogP contribution in [0.15, 0.2) is 53.5 Å². The Morgan fingerprint density at radius 1 is 1.03 bits per heavy atom. The summed E-state index contributed by atoms with van der Waals surface area (Å²) in [5, 5.41) is 5.97. The molecule has 7 nitrogen and oxygen atoms in total. The van der Waals surface area contributed by atoms with E-state index in [-0.39, 0.29) is 36.4 Å². The first-order valence-corrected chi connectivity index (χ1v) is 9.00. The van der Waals surface area contributed by atoms with Gasteiger partial charge in [-0.05, 0) is 23.8 Å². The second-order valence-electron chi connectivity index (χ2n) is 6.19. The van der Waals surface area contributed by atoms with Gasteiger partial charge in [0.05, 0.1) is 20.8 Å². The molecule has 1 amide bonds. The number of carbonyl (C=O) groups excluding carboxylic acids is 1. The molecule has 2 rings (SSSR count). The van der Waals surface area contributed by atoms with E-state index in [1.807, 2.05) is 60.5 Å². The summed E-state index contributed by atoms with van der Waals surface area (Å²) in [4.78, 5) is 18.3. The summed E-state index contributed by atoms with van der Waals surface area (Å²) in [6.45, 7) is 1.20. The topological polar surface area (TPSA) is 75.2 Å². The van der Waals surface area contributed by atoms with Crippen molar-refractivity contribution < 1.29 is 14.3 Å². The highest BCUT2D eigenvalue weighted by atomic mass is 127. The zero-order chi connectivity index (χ0) is 20.4. The maximum absolute atomic E-state index is 12.1. The molecule has 0 aliphatic heterocycles. The Bertz CT molecular complexity index is 797. The molecule has 0 unspecified atom stereocenters. The quantitative estimate of drug-likeness (QED) is 0.323. The van der Waals surface area contributed by atoms with Crippen LogP contribution in [0.2, 0.25) is 0 Å². The van der Waals surface area contributed by atoms with Gasteiger partial charge in [-0.25, -0.2) is 0 Å². The lowest BCUT2D eigenvalue weighted by Gasteiger charge is -2.23. The van der Waals surface area contributed by atoms with E-state index in [9.17, 15) is 4.79 Å². The number of hydrogen-bond donors (Lipinski definition) is 2. The van der Waals surface area contributed by atoms with Crippen molar-refractivity contribution >= 4 is 35.8 Å². The standard InChI is InChI=1S/C21H28N4O3.HI/c1-22-21(25(2)15-17-7-5-6-8-19(17)28-4)24-14-20(26)23-13-16-9-11-18(27-3)12-10-16;/h5-12H,13-15H2,1-4H3,(H,22,24)(H,23,26);1H. The van der Waals surface area contributed by atoms with Crippen LogP contribution in [0.3, 0.4) is 0 Å². The number of amides is 1. The number of aliphatic imine (C=N–C) groups is 1. The van der Waals surface area contributed by atoms with E-state index < -0.39 is 0 Å². The van der Waals surface area contributed by atoms with Gasteiger partial charge in [0, 0.05) is 32.7 Å². The average Bonchev–Trinajstić information content (AvgIpc) is 2.73. The van der Waals surface area contributed by atoms with Gasteiger partial charge in [0.15, 0.2) is 5.96 Å². The Balaban J connectivity index is 0.00000420. The van der Waals surface area contributed by atoms with Crippen molar-refractivity contribution in [2.75, 3.05) is 34.9 Å². The second-order valence-corrected chi connectivity index (χ2v) is 6.19. The molecule has 0 saturated heterocycles. The molecule has 2 aromatic rings. The van der Waals surface area contributed by atoms with E-state index in [0.717, 1.165) is 22.6 Å². The van der Waals surface area contributed by atoms with Crippen LogP contribution in [-0.2, 0) is 17.9 Å². The molecule has 0 aromatic heterocycles. The lowest BCUT2D eigenvalue weighted by Crippen LogP contribution is -2.43. The summed E-state index contributed by atoms with van der Waals surface area (Å²) >= 11 is 0. The number of nitrogens with zero attached hydrogens (tertiary/aromatic N) is 2. The van der Waals surface area contributed by atoms with Crippen molar-refractivity contribution in [3.63, 3.8) is 0 Å². The minimum atomic E-state index is -0.109. The van der Waals surface area contributed by atoms with Gasteiger partial charge in [-0.15, -0.1) is 24.0 Å². The SMILES string of the molecule is CN=C(NCC(=O)NCc1ccc(OC)cc1)N(C)Cc1ccccc1OC.I. The van der Waals surface area contributed by atoms with Gasteiger partial charge in [0.25, 0.3) is 0 Å². The first kappa shape index (κ1) is 24.5. The molecular weight excluding hydrogens is 483 g/mol. The van der Waals surface area contributed by atoms with E-state index >= 15 is 0 Å². The van der Waals surface area contributed by atoms with Crippen molar-refractivity contribution in [1.29, 1.82) is 0 Å². The number of benzene rings is 2. The van der Waals surface area contributed by atoms with Gasteiger partial charge in [0.1, 0.15) is 11.5 Å². The highest BCUT2D eigenvalue weighted by Crippen LogP contribution is 2.18. The highest BCUT2D eigenvalue weighted by Gasteiger charge is 2.11. The van der Waals surface area contributed by atoms with Crippen molar-refractivity contribution in [1.82, 2.24) is 15.5 Å². The Morgan fingerprint density at radius 2 is 1.72 bits per heavy atom. The van der Waals surface area contributed by atoms with Crippen molar-refractivity contribution in [2.45, 2.75) is 13.1 Å². The summed E-state index contributed by atoms with van der Waals surface area (Å²) in [7, 11) is 6.88. The fourth-order valence-corrected chi connectivity index (χ4v) is 2.71. The van der Waals surface area contributed by atoms with Crippen LogP contribution in [-0.4, -0.2) is 51.6 Å². The Hall–Kier alpha value is -2.49. The van der Waals surface area contributed by atoms with Crippen molar-refractivity contribution in [3.8, 4) is 11.5 Å². The van der Waals surface area contributed by atoms with Gasteiger partial charge >= 0.3 is 0 Å². The van der Waals surface area contributed by atoms with Crippen LogP contribution in [0.1, 0.15) is 11.1 Å². The van der Waals surface area contributed by atoms with Crippen molar-refractivity contribution in [3.05, 3.63) is 59.7 Å². The highest BCUT2D eigenvalue weighted by molar-refractivity contribution is 14.0. The predicted octanol–water partition coefficient (Wildman–Crippen LogP) is 2.65.